The zero-order valence-electron chi connectivity index (χ0n) is 12.5. The van der Waals surface area contributed by atoms with Crippen LogP contribution in [-0.2, 0) is 0 Å². The van der Waals surface area contributed by atoms with E-state index in [9.17, 15) is 0 Å². The molecule has 2 fully saturated rings. The molecular weight excluding hydrogens is 248 g/mol. The summed E-state index contributed by atoms with van der Waals surface area (Å²) in [6.07, 6.45) is 4.01. The summed E-state index contributed by atoms with van der Waals surface area (Å²) in [6, 6.07) is 11.7. The molecule has 0 spiro atoms. The summed E-state index contributed by atoms with van der Waals surface area (Å²) in [6.45, 7) is 7.97. The van der Waals surface area contributed by atoms with Crippen LogP contribution in [0.2, 0.25) is 0 Å². The molecule has 3 nitrogen and oxygen atoms in total. The molecule has 0 amide bonds. The summed E-state index contributed by atoms with van der Waals surface area (Å²) in [5.74, 6) is 0.986. The van der Waals surface area contributed by atoms with E-state index in [2.05, 4.69) is 16.7 Å². The highest BCUT2D eigenvalue weighted by Crippen LogP contribution is 2.25. The molecule has 1 aromatic carbocycles. The molecule has 0 aromatic heterocycles. The average molecular weight is 274 g/mol. The van der Waals surface area contributed by atoms with Crippen LogP contribution in [0.1, 0.15) is 26.2 Å². The minimum Gasteiger partial charge on any atom is -0.492 e. The number of ether oxygens (including phenoxy) is 1. The molecule has 2 aliphatic heterocycles. The number of nitrogens with zero attached hydrogens (tertiary/aromatic N) is 2. The number of hydrogen-bond acceptors (Lipinski definition) is 3. The Labute approximate surface area is 122 Å². The van der Waals surface area contributed by atoms with Gasteiger partial charge < -0.3 is 4.74 Å². The lowest BCUT2D eigenvalue weighted by Gasteiger charge is -2.43. The van der Waals surface area contributed by atoms with Gasteiger partial charge in [-0.2, -0.15) is 0 Å². The Morgan fingerprint density at radius 3 is 2.85 bits per heavy atom. The third-order valence-electron chi connectivity index (χ3n) is 4.77. The highest BCUT2D eigenvalue weighted by molar-refractivity contribution is 5.20. The van der Waals surface area contributed by atoms with Gasteiger partial charge in [0.1, 0.15) is 12.4 Å². The van der Waals surface area contributed by atoms with E-state index in [1.807, 2.05) is 30.3 Å². The van der Waals surface area contributed by atoms with Crippen LogP contribution in [-0.4, -0.2) is 54.7 Å². The first-order valence-corrected chi connectivity index (χ1v) is 8.02. The lowest BCUT2D eigenvalue weighted by atomic mass is 10.1. The number of para-hydroxylation sites is 1. The van der Waals surface area contributed by atoms with Gasteiger partial charge in [-0.1, -0.05) is 25.1 Å². The number of rotatable bonds is 5. The van der Waals surface area contributed by atoms with Gasteiger partial charge in [-0.3, -0.25) is 9.80 Å². The monoisotopic (exact) mass is 274 g/mol. The van der Waals surface area contributed by atoms with Crippen LogP contribution in [0.25, 0.3) is 0 Å². The Kier molecular flexibility index (Phi) is 4.58. The number of piperazine rings is 1. The smallest absolute Gasteiger partial charge is 0.119 e. The molecule has 2 heterocycles. The van der Waals surface area contributed by atoms with Crippen LogP contribution in [0.5, 0.6) is 5.75 Å². The van der Waals surface area contributed by atoms with Crippen molar-refractivity contribution in [3.05, 3.63) is 30.3 Å². The van der Waals surface area contributed by atoms with Crippen molar-refractivity contribution in [3.8, 4) is 5.75 Å². The van der Waals surface area contributed by atoms with E-state index in [0.717, 1.165) is 24.9 Å². The van der Waals surface area contributed by atoms with Crippen LogP contribution in [0.3, 0.4) is 0 Å². The maximum Gasteiger partial charge on any atom is 0.119 e. The SMILES string of the molecule is CCC1CN2CCCC2CN1CCOc1ccccc1. The van der Waals surface area contributed by atoms with Gasteiger partial charge >= 0.3 is 0 Å². The van der Waals surface area contributed by atoms with Gasteiger partial charge in [0.25, 0.3) is 0 Å². The third-order valence-corrected chi connectivity index (χ3v) is 4.77. The second kappa shape index (κ2) is 6.59. The molecule has 20 heavy (non-hydrogen) atoms. The highest BCUT2D eigenvalue weighted by atomic mass is 16.5. The van der Waals surface area contributed by atoms with Gasteiger partial charge in [0.05, 0.1) is 0 Å². The third kappa shape index (κ3) is 3.15. The molecule has 0 aliphatic carbocycles. The van der Waals surface area contributed by atoms with E-state index in [1.165, 1.54) is 38.9 Å². The van der Waals surface area contributed by atoms with Crippen molar-refractivity contribution in [3.63, 3.8) is 0 Å². The Morgan fingerprint density at radius 2 is 2.05 bits per heavy atom. The van der Waals surface area contributed by atoms with Gasteiger partial charge in [-0.25, -0.2) is 0 Å². The fourth-order valence-corrected chi connectivity index (χ4v) is 3.61. The van der Waals surface area contributed by atoms with Gasteiger partial charge in [0.15, 0.2) is 0 Å². The predicted octanol–water partition coefficient (Wildman–Crippen LogP) is 2.62. The van der Waals surface area contributed by atoms with E-state index in [4.69, 9.17) is 4.74 Å². The van der Waals surface area contributed by atoms with Gasteiger partial charge in [0, 0.05) is 31.7 Å². The van der Waals surface area contributed by atoms with Crippen LogP contribution in [0.4, 0.5) is 0 Å². The molecule has 0 bridgehead atoms. The van der Waals surface area contributed by atoms with Crippen molar-refractivity contribution in [1.82, 2.24) is 9.80 Å². The number of fused-ring (bicyclic) bond motifs is 1. The molecular formula is C17H26N2O. The van der Waals surface area contributed by atoms with Crippen molar-refractivity contribution < 1.29 is 4.74 Å². The van der Waals surface area contributed by atoms with Crippen LogP contribution < -0.4 is 4.74 Å². The topological polar surface area (TPSA) is 15.7 Å². The van der Waals surface area contributed by atoms with Crippen molar-refractivity contribution in [1.29, 1.82) is 0 Å². The fourth-order valence-electron chi connectivity index (χ4n) is 3.61. The van der Waals surface area contributed by atoms with E-state index in [1.54, 1.807) is 0 Å². The molecule has 0 radical (unpaired) electrons. The summed E-state index contributed by atoms with van der Waals surface area (Å²) >= 11 is 0. The van der Waals surface area contributed by atoms with Gasteiger partial charge in [0.2, 0.25) is 0 Å². The summed E-state index contributed by atoms with van der Waals surface area (Å²) < 4.78 is 5.86. The number of benzene rings is 1. The molecule has 2 unspecified atom stereocenters. The summed E-state index contributed by atoms with van der Waals surface area (Å²) in [7, 11) is 0. The van der Waals surface area contributed by atoms with Crippen molar-refractivity contribution in [2.45, 2.75) is 38.3 Å². The maximum atomic E-state index is 5.86. The largest absolute Gasteiger partial charge is 0.492 e. The predicted molar refractivity (Wildman–Crippen MR) is 82.2 cm³/mol. The minimum absolute atomic E-state index is 0.712. The fraction of sp³-hybridized carbons (Fsp3) is 0.647. The summed E-state index contributed by atoms with van der Waals surface area (Å²) in [5.41, 5.74) is 0. The lowest BCUT2D eigenvalue weighted by molar-refractivity contribution is 0.0403. The molecule has 110 valence electrons. The zero-order chi connectivity index (χ0) is 13.8. The van der Waals surface area contributed by atoms with Crippen molar-refractivity contribution in [2.75, 3.05) is 32.8 Å². The molecule has 0 saturated carbocycles. The van der Waals surface area contributed by atoms with E-state index < -0.39 is 0 Å². The molecule has 1 aromatic rings. The highest BCUT2D eigenvalue weighted by Gasteiger charge is 2.35. The molecule has 3 heteroatoms. The first kappa shape index (κ1) is 13.9. The zero-order valence-corrected chi connectivity index (χ0v) is 12.5. The molecule has 2 saturated heterocycles. The normalized spacial score (nSPS) is 27.4. The summed E-state index contributed by atoms with van der Waals surface area (Å²) in [4.78, 5) is 5.35. The molecule has 2 aliphatic rings. The maximum absolute atomic E-state index is 5.86. The second-order valence-electron chi connectivity index (χ2n) is 6.01. The van der Waals surface area contributed by atoms with Crippen LogP contribution in [0, 0.1) is 0 Å². The van der Waals surface area contributed by atoms with E-state index >= 15 is 0 Å². The Balaban J connectivity index is 1.50. The van der Waals surface area contributed by atoms with Gasteiger partial charge in [-0.15, -0.1) is 0 Å². The summed E-state index contributed by atoms with van der Waals surface area (Å²) in [5, 5.41) is 0. The molecule has 2 atom stereocenters. The Hall–Kier alpha value is -1.06. The second-order valence-corrected chi connectivity index (χ2v) is 6.01. The van der Waals surface area contributed by atoms with Gasteiger partial charge in [-0.05, 0) is 37.9 Å². The van der Waals surface area contributed by atoms with Crippen LogP contribution >= 0.6 is 0 Å². The molecule has 0 N–H and O–H groups in total. The van der Waals surface area contributed by atoms with E-state index in [-0.39, 0.29) is 0 Å². The Morgan fingerprint density at radius 1 is 1.20 bits per heavy atom. The number of hydrogen-bond donors (Lipinski definition) is 0. The average Bonchev–Trinajstić information content (AvgIpc) is 2.94. The van der Waals surface area contributed by atoms with E-state index in [0.29, 0.717) is 6.04 Å². The minimum atomic E-state index is 0.712. The standard InChI is InChI=1S/C17H26N2O/c1-2-15-13-18-10-6-7-16(18)14-19(15)11-12-20-17-8-4-3-5-9-17/h3-5,8-9,15-16H,2,6-7,10-14H2,1H3. The first-order chi connectivity index (χ1) is 9.86. The quantitative estimate of drug-likeness (QED) is 0.821. The lowest BCUT2D eigenvalue weighted by Crippen LogP contribution is -2.56. The first-order valence-electron chi connectivity index (χ1n) is 8.02. The molecule has 3 rings (SSSR count). The van der Waals surface area contributed by atoms with Crippen molar-refractivity contribution >= 4 is 0 Å². The van der Waals surface area contributed by atoms with Crippen molar-refractivity contribution in [2.24, 2.45) is 0 Å². The van der Waals surface area contributed by atoms with Crippen LogP contribution in [0.15, 0.2) is 30.3 Å². The Bertz CT molecular complexity index is 409.